The van der Waals surface area contributed by atoms with Gasteiger partial charge in [-0.25, -0.2) is 0 Å². The quantitative estimate of drug-likeness (QED) is 0.641. The second-order valence-electron chi connectivity index (χ2n) is 7.94. The summed E-state index contributed by atoms with van der Waals surface area (Å²) >= 11 is 0. The Morgan fingerprint density at radius 2 is 1.61 bits per heavy atom. The number of amides is 2. The molecule has 0 spiro atoms. The Labute approximate surface area is 182 Å². The number of imide groups is 1. The van der Waals surface area contributed by atoms with E-state index in [-0.39, 0.29) is 18.4 Å². The summed E-state index contributed by atoms with van der Waals surface area (Å²) in [5.41, 5.74) is 2.60. The average Bonchev–Trinajstić information content (AvgIpc) is 3.04. The molecule has 2 aliphatic heterocycles. The minimum Gasteiger partial charge on any atom is -0.494 e. The molecule has 7 nitrogen and oxygen atoms in total. The second kappa shape index (κ2) is 9.31. The van der Waals surface area contributed by atoms with E-state index in [2.05, 4.69) is 28.8 Å². The Bertz CT molecular complexity index is 964. The van der Waals surface area contributed by atoms with Gasteiger partial charge in [0.2, 0.25) is 0 Å². The van der Waals surface area contributed by atoms with Crippen LogP contribution in [-0.4, -0.2) is 71.3 Å². The number of piperazine rings is 1. The van der Waals surface area contributed by atoms with Gasteiger partial charge in [0, 0.05) is 38.6 Å². The van der Waals surface area contributed by atoms with Crippen molar-refractivity contribution in [3.63, 3.8) is 0 Å². The predicted molar refractivity (Wildman–Crippen MR) is 118 cm³/mol. The van der Waals surface area contributed by atoms with E-state index in [4.69, 9.17) is 4.74 Å². The molecule has 3 heterocycles. The normalized spacial score (nSPS) is 17.6. The van der Waals surface area contributed by atoms with Crippen LogP contribution >= 0.6 is 0 Å². The van der Waals surface area contributed by atoms with Gasteiger partial charge in [0.25, 0.3) is 11.8 Å². The molecule has 2 aromatic rings. The molecule has 2 aliphatic rings. The van der Waals surface area contributed by atoms with Crippen molar-refractivity contribution in [2.45, 2.75) is 19.9 Å². The van der Waals surface area contributed by atoms with Gasteiger partial charge in [0.15, 0.2) is 0 Å². The summed E-state index contributed by atoms with van der Waals surface area (Å²) in [6.07, 6.45) is 4.27. The molecule has 162 valence electrons. The van der Waals surface area contributed by atoms with E-state index in [0.29, 0.717) is 17.9 Å². The SMILES string of the molecule is CCCOc1ccc(C2=C(N3CCN(C)CC3)C(=O)N(Cc3ccncc3)C2=O)cc1. The zero-order valence-corrected chi connectivity index (χ0v) is 18.1. The van der Waals surface area contributed by atoms with E-state index in [1.807, 2.05) is 36.4 Å². The van der Waals surface area contributed by atoms with Crippen LogP contribution in [0, 0.1) is 0 Å². The molecular formula is C24H28N4O3. The molecule has 0 atom stereocenters. The van der Waals surface area contributed by atoms with Gasteiger partial charge in [-0.3, -0.25) is 19.5 Å². The fourth-order valence-corrected chi connectivity index (χ4v) is 3.90. The number of benzene rings is 1. The fourth-order valence-electron chi connectivity index (χ4n) is 3.90. The van der Waals surface area contributed by atoms with Crippen LogP contribution in [0.1, 0.15) is 24.5 Å². The van der Waals surface area contributed by atoms with Crippen LogP contribution in [-0.2, 0) is 16.1 Å². The topological polar surface area (TPSA) is 66.0 Å². The van der Waals surface area contributed by atoms with Crippen molar-refractivity contribution in [3.05, 3.63) is 65.6 Å². The maximum atomic E-state index is 13.5. The van der Waals surface area contributed by atoms with Crippen molar-refractivity contribution in [2.75, 3.05) is 39.8 Å². The first-order valence-corrected chi connectivity index (χ1v) is 10.7. The van der Waals surface area contributed by atoms with Crippen molar-refractivity contribution in [2.24, 2.45) is 0 Å². The smallest absolute Gasteiger partial charge is 0.278 e. The first-order chi connectivity index (χ1) is 15.1. The molecule has 7 heteroatoms. The largest absolute Gasteiger partial charge is 0.494 e. The predicted octanol–water partition coefficient (Wildman–Crippen LogP) is 2.40. The lowest BCUT2D eigenvalue weighted by atomic mass is 10.0. The highest BCUT2D eigenvalue weighted by Crippen LogP contribution is 2.33. The summed E-state index contributed by atoms with van der Waals surface area (Å²) in [6.45, 7) is 6.08. The van der Waals surface area contributed by atoms with Gasteiger partial charge in [-0.1, -0.05) is 19.1 Å². The number of carbonyl (C=O) groups is 2. The summed E-state index contributed by atoms with van der Waals surface area (Å²) in [5, 5.41) is 0. The van der Waals surface area contributed by atoms with E-state index in [1.54, 1.807) is 12.4 Å². The van der Waals surface area contributed by atoms with Crippen LogP contribution in [0.5, 0.6) is 5.75 Å². The van der Waals surface area contributed by atoms with Crippen molar-refractivity contribution in [1.29, 1.82) is 0 Å². The lowest BCUT2D eigenvalue weighted by Crippen LogP contribution is -2.46. The van der Waals surface area contributed by atoms with Gasteiger partial charge in [0.05, 0.1) is 18.7 Å². The van der Waals surface area contributed by atoms with Crippen LogP contribution in [0.2, 0.25) is 0 Å². The number of hydrogen-bond donors (Lipinski definition) is 0. The maximum Gasteiger partial charge on any atom is 0.278 e. The van der Waals surface area contributed by atoms with E-state index < -0.39 is 0 Å². The fraction of sp³-hybridized carbons (Fsp3) is 0.375. The number of carbonyl (C=O) groups excluding carboxylic acids is 2. The van der Waals surface area contributed by atoms with Crippen molar-refractivity contribution in [3.8, 4) is 5.75 Å². The van der Waals surface area contributed by atoms with Gasteiger partial charge in [-0.2, -0.15) is 0 Å². The highest BCUT2D eigenvalue weighted by atomic mass is 16.5. The summed E-state index contributed by atoms with van der Waals surface area (Å²) < 4.78 is 5.68. The molecule has 4 rings (SSSR count). The molecular weight excluding hydrogens is 392 g/mol. The zero-order valence-electron chi connectivity index (χ0n) is 18.1. The second-order valence-corrected chi connectivity index (χ2v) is 7.94. The number of nitrogens with zero attached hydrogens (tertiary/aromatic N) is 4. The molecule has 0 bridgehead atoms. The van der Waals surface area contributed by atoms with Gasteiger partial charge >= 0.3 is 0 Å². The summed E-state index contributed by atoms with van der Waals surface area (Å²) in [5.74, 6) is 0.281. The highest BCUT2D eigenvalue weighted by Gasteiger charge is 2.42. The molecule has 1 aromatic heterocycles. The zero-order chi connectivity index (χ0) is 21.8. The van der Waals surface area contributed by atoms with Crippen LogP contribution < -0.4 is 4.74 Å². The number of likely N-dealkylation sites (N-methyl/N-ethyl adjacent to an activating group) is 1. The van der Waals surface area contributed by atoms with Crippen LogP contribution in [0.25, 0.3) is 5.57 Å². The van der Waals surface area contributed by atoms with Gasteiger partial charge in [0.1, 0.15) is 11.4 Å². The standard InChI is InChI=1S/C24H28N4O3/c1-3-16-31-20-6-4-19(5-7-20)21-22(27-14-12-26(2)13-15-27)24(30)28(23(21)29)17-18-8-10-25-11-9-18/h4-11H,3,12-17H2,1-2H3. The van der Waals surface area contributed by atoms with E-state index >= 15 is 0 Å². The summed E-state index contributed by atoms with van der Waals surface area (Å²) in [7, 11) is 2.07. The molecule has 1 aromatic carbocycles. The minimum atomic E-state index is -0.252. The molecule has 0 aliphatic carbocycles. The molecule has 0 N–H and O–H groups in total. The molecule has 1 saturated heterocycles. The summed E-state index contributed by atoms with van der Waals surface area (Å²) in [4.78, 5) is 36.6. The number of pyridine rings is 1. The first kappa shape index (κ1) is 21.1. The van der Waals surface area contributed by atoms with E-state index in [9.17, 15) is 9.59 Å². The van der Waals surface area contributed by atoms with Crippen LogP contribution in [0.3, 0.4) is 0 Å². The highest BCUT2D eigenvalue weighted by molar-refractivity contribution is 6.35. The van der Waals surface area contributed by atoms with E-state index in [1.165, 1.54) is 4.90 Å². The average molecular weight is 421 g/mol. The third kappa shape index (κ3) is 4.46. The number of rotatable bonds is 7. The molecule has 0 unspecified atom stereocenters. The van der Waals surface area contributed by atoms with Gasteiger partial charge in [-0.15, -0.1) is 0 Å². The minimum absolute atomic E-state index is 0.229. The lowest BCUT2D eigenvalue weighted by molar-refractivity contribution is -0.138. The van der Waals surface area contributed by atoms with Gasteiger partial charge in [-0.05, 0) is 48.9 Å². The molecule has 2 amide bonds. The van der Waals surface area contributed by atoms with E-state index in [0.717, 1.165) is 49.5 Å². The Kier molecular flexibility index (Phi) is 6.32. The number of aromatic nitrogens is 1. The Morgan fingerprint density at radius 1 is 0.935 bits per heavy atom. The summed E-state index contributed by atoms with van der Waals surface area (Å²) in [6, 6.07) is 11.1. The molecule has 0 radical (unpaired) electrons. The van der Waals surface area contributed by atoms with Crippen LogP contribution in [0.4, 0.5) is 0 Å². The van der Waals surface area contributed by atoms with Gasteiger partial charge < -0.3 is 14.5 Å². The molecule has 0 saturated carbocycles. The van der Waals surface area contributed by atoms with Crippen molar-refractivity contribution < 1.29 is 14.3 Å². The maximum absolute atomic E-state index is 13.5. The Balaban J connectivity index is 1.67. The van der Waals surface area contributed by atoms with Crippen molar-refractivity contribution in [1.82, 2.24) is 19.7 Å². The van der Waals surface area contributed by atoms with Crippen molar-refractivity contribution >= 4 is 17.4 Å². The Hall–Kier alpha value is -3.19. The molecule has 1 fully saturated rings. The first-order valence-electron chi connectivity index (χ1n) is 10.7. The number of hydrogen-bond acceptors (Lipinski definition) is 6. The molecule has 31 heavy (non-hydrogen) atoms. The lowest BCUT2D eigenvalue weighted by Gasteiger charge is -2.34. The third-order valence-electron chi connectivity index (χ3n) is 5.67. The monoisotopic (exact) mass is 420 g/mol. The Morgan fingerprint density at radius 3 is 2.26 bits per heavy atom. The third-order valence-corrected chi connectivity index (χ3v) is 5.67. The van der Waals surface area contributed by atoms with Crippen LogP contribution in [0.15, 0.2) is 54.5 Å². The number of ether oxygens (including phenoxy) is 1.